The number of hydrogen-bond donors (Lipinski definition) is 6. The fourth-order valence-corrected chi connectivity index (χ4v) is 4.05. The zero-order chi connectivity index (χ0) is 25.3. The minimum atomic E-state index is -4.79. The number of rotatable bonds is 9. The minimum Gasteiger partial charge on any atom is -0.504 e. The maximum absolute atomic E-state index is 11.0. The van der Waals surface area contributed by atoms with Gasteiger partial charge in [0.05, 0.1) is 27.2 Å². The first kappa shape index (κ1) is 25.1. The van der Waals surface area contributed by atoms with Crippen molar-refractivity contribution in [3.05, 3.63) is 30.4 Å². The Kier molecular flexibility index (Phi) is 7.10. The van der Waals surface area contributed by atoms with E-state index in [0.717, 1.165) is 0 Å². The molecule has 3 aromatic rings. The van der Waals surface area contributed by atoms with E-state index >= 15 is 0 Å². The second kappa shape index (κ2) is 9.91. The Balaban J connectivity index is 1.55. The molecule has 4 atom stereocenters. The smallest absolute Gasteiger partial charge is 0.469 e. The van der Waals surface area contributed by atoms with Crippen LogP contribution < -0.4 is 14.8 Å². The summed E-state index contributed by atoms with van der Waals surface area (Å²) in [4.78, 5) is 30.4. The van der Waals surface area contributed by atoms with Crippen LogP contribution in [0.4, 0.5) is 5.82 Å². The van der Waals surface area contributed by atoms with E-state index in [1.165, 1.54) is 31.4 Å². The van der Waals surface area contributed by atoms with Crippen molar-refractivity contribution in [2.75, 3.05) is 26.1 Å². The third-order valence-electron chi connectivity index (χ3n) is 5.43. The third kappa shape index (κ3) is 5.01. The van der Waals surface area contributed by atoms with Crippen LogP contribution in [0.2, 0.25) is 0 Å². The first-order chi connectivity index (χ1) is 16.6. The number of imidazole rings is 1. The molecule has 0 aliphatic carbocycles. The van der Waals surface area contributed by atoms with Gasteiger partial charge in [0, 0.05) is 12.1 Å². The first-order valence-corrected chi connectivity index (χ1v) is 11.7. The Hall–Kier alpha value is -3.04. The zero-order valence-corrected chi connectivity index (χ0v) is 19.4. The van der Waals surface area contributed by atoms with Crippen molar-refractivity contribution in [1.82, 2.24) is 19.5 Å². The van der Waals surface area contributed by atoms with E-state index in [0.29, 0.717) is 22.6 Å². The van der Waals surface area contributed by atoms with Crippen LogP contribution in [0.15, 0.2) is 24.8 Å². The topological polar surface area (TPSA) is 211 Å². The number of phenols is 1. The summed E-state index contributed by atoms with van der Waals surface area (Å²) in [6.07, 6.45) is -2.70. The van der Waals surface area contributed by atoms with E-state index in [4.69, 9.17) is 24.0 Å². The van der Waals surface area contributed by atoms with E-state index in [1.807, 2.05) is 0 Å². The van der Waals surface area contributed by atoms with Crippen LogP contribution in [0, 0.1) is 0 Å². The predicted octanol–water partition coefficient (Wildman–Crippen LogP) is -0.110. The molecule has 3 heterocycles. The van der Waals surface area contributed by atoms with E-state index in [-0.39, 0.29) is 23.7 Å². The van der Waals surface area contributed by atoms with Crippen molar-refractivity contribution in [2.45, 2.75) is 31.1 Å². The van der Waals surface area contributed by atoms with Gasteiger partial charge in [0.1, 0.15) is 24.6 Å². The Morgan fingerprint density at radius 2 is 1.91 bits per heavy atom. The fourth-order valence-electron chi connectivity index (χ4n) is 3.71. The Labute approximate surface area is 198 Å². The van der Waals surface area contributed by atoms with Gasteiger partial charge >= 0.3 is 7.82 Å². The highest BCUT2D eigenvalue weighted by molar-refractivity contribution is 7.46. The second-order valence-corrected chi connectivity index (χ2v) is 8.78. The van der Waals surface area contributed by atoms with Crippen molar-refractivity contribution in [2.24, 2.45) is 0 Å². The molecule has 1 aromatic carbocycles. The summed E-state index contributed by atoms with van der Waals surface area (Å²) in [5.41, 5.74) is 1.07. The molecule has 2 aromatic heterocycles. The van der Waals surface area contributed by atoms with Gasteiger partial charge in [-0.1, -0.05) is 0 Å². The monoisotopic (exact) mass is 513 g/mol. The SMILES string of the molecule is COc1ccc(CNc2ncnc3c2ncn3[C@@H]2O[C@H](COP(=O)(O)O)[C@@H](O)[C@H]2O)c(O)c1OC. The normalized spacial score (nSPS) is 22.5. The standard InChI is InChI=1S/C19H24N5O10P/c1-31-10-4-3-9(13(25)16(10)32-2)5-20-17-12-18(22-7-21-17)24(8-23-12)19-15(27)14(26)11(34-19)6-33-35(28,29)30/h3-4,7-8,11,14-15,19,25-27H,5-6H2,1-2H3,(H,20,21,22)(H2,28,29,30)/t11-,14-,15-,19-/m1/s1. The Morgan fingerprint density at radius 3 is 2.60 bits per heavy atom. The summed E-state index contributed by atoms with van der Waals surface area (Å²) < 4.78 is 32.7. The molecule has 4 rings (SSSR count). The Morgan fingerprint density at radius 1 is 1.14 bits per heavy atom. The van der Waals surface area contributed by atoms with Gasteiger partial charge in [-0.2, -0.15) is 0 Å². The molecule has 0 unspecified atom stereocenters. The van der Waals surface area contributed by atoms with Crippen molar-refractivity contribution < 1.29 is 48.4 Å². The number of ether oxygens (including phenoxy) is 3. The molecule has 35 heavy (non-hydrogen) atoms. The summed E-state index contributed by atoms with van der Waals surface area (Å²) in [6, 6.07) is 3.31. The van der Waals surface area contributed by atoms with Crippen molar-refractivity contribution >= 4 is 24.8 Å². The summed E-state index contributed by atoms with van der Waals surface area (Å²) in [5.74, 6) is 0.776. The van der Waals surface area contributed by atoms with Gasteiger partial charge in [-0.3, -0.25) is 9.09 Å². The van der Waals surface area contributed by atoms with Crippen molar-refractivity contribution in [3.8, 4) is 17.2 Å². The molecule has 0 bridgehead atoms. The molecule has 1 fully saturated rings. The molecule has 0 radical (unpaired) electrons. The fraction of sp³-hybridized carbons (Fsp3) is 0.421. The van der Waals surface area contributed by atoms with Crippen molar-refractivity contribution in [1.29, 1.82) is 0 Å². The number of phosphoric ester groups is 1. The number of aliphatic hydroxyl groups excluding tert-OH is 2. The molecular formula is C19H24N5O10P. The third-order valence-corrected chi connectivity index (χ3v) is 5.91. The van der Waals surface area contributed by atoms with Gasteiger partial charge < -0.3 is 44.6 Å². The zero-order valence-electron chi connectivity index (χ0n) is 18.5. The largest absolute Gasteiger partial charge is 0.504 e. The number of anilines is 1. The number of phenolic OH excluding ortho intramolecular Hbond substituents is 1. The lowest BCUT2D eigenvalue weighted by atomic mass is 10.1. The van der Waals surface area contributed by atoms with E-state index in [9.17, 15) is 19.9 Å². The lowest BCUT2D eigenvalue weighted by Crippen LogP contribution is -2.33. The number of aromatic nitrogens is 4. The number of fused-ring (bicyclic) bond motifs is 1. The number of aliphatic hydroxyl groups is 2. The van der Waals surface area contributed by atoms with Crippen LogP contribution >= 0.6 is 7.82 Å². The summed E-state index contributed by atoms with van der Waals surface area (Å²) in [7, 11) is -1.92. The average molecular weight is 513 g/mol. The van der Waals surface area contributed by atoms with Crippen LogP contribution in [0.5, 0.6) is 17.2 Å². The lowest BCUT2D eigenvalue weighted by molar-refractivity contribution is -0.0504. The number of benzene rings is 1. The number of phosphoric acid groups is 1. The number of nitrogens with one attached hydrogen (secondary N) is 1. The molecular weight excluding hydrogens is 489 g/mol. The predicted molar refractivity (Wildman–Crippen MR) is 118 cm³/mol. The number of aromatic hydroxyl groups is 1. The summed E-state index contributed by atoms with van der Waals surface area (Å²) in [5, 5.41) is 34.2. The van der Waals surface area contributed by atoms with E-state index in [2.05, 4.69) is 24.8 Å². The van der Waals surface area contributed by atoms with Crippen LogP contribution in [-0.2, 0) is 20.4 Å². The molecule has 1 aliphatic heterocycles. The van der Waals surface area contributed by atoms with Gasteiger partial charge in [0.25, 0.3) is 0 Å². The summed E-state index contributed by atoms with van der Waals surface area (Å²) >= 11 is 0. The maximum atomic E-state index is 11.0. The number of nitrogens with zero attached hydrogens (tertiary/aromatic N) is 4. The lowest BCUT2D eigenvalue weighted by Gasteiger charge is -2.17. The van der Waals surface area contributed by atoms with Gasteiger partial charge in [-0.15, -0.1) is 0 Å². The van der Waals surface area contributed by atoms with Crippen LogP contribution in [-0.4, -0.2) is 83.8 Å². The Bertz CT molecular complexity index is 1250. The highest BCUT2D eigenvalue weighted by atomic mass is 31.2. The quantitative estimate of drug-likeness (QED) is 0.206. The van der Waals surface area contributed by atoms with Gasteiger partial charge in [-0.05, 0) is 12.1 Å². The van der Waals surface area contributed by atoms with Crippen molar-refractivity contribution in [3.63, 3.8) is 0 Å². The highest BCUT2D eigenvalue weighted by Gasteiger charge is 2.45. The van der Waals surface area contributed by atoms with Crippen LogP contribution in [0.25, 0.3) is 11.2 Å². The molecule has 6 N–H and O–H groups in total. The van der Waals surface area contributed by atoms with E-state index in [1.54, 1.807) is 12.1 Å². The van der Waals surface area contributed by atoms with Crippen LogP contribution in [0.3, 0.4) is 0 Å². The number of methoxy groups -OCH3 is 2. The molecule has 15 nitrogen and oxygen atoms in total. The molecule has 0 spiro atoms. The molecule has 1 aliphatic rings. The molecule has 0 saturated carbocycles. The summed E-state index contributed by atoms with van der Waals surface area (Å²) in [6.45, 7) is -0.490. The minimum absolute atomic E-state index is 0.102. The van der Waals surface area contributed by atoms with Gasteiger partial charge in [0.2, 0.25) is 5.75 Å². The second-order valence-electron chi connectivity index (χ2n) is 7.54. The van der Waals surface area contributed by atoms with Gasteiger partial charge in [0.15, 0.2) is 34.7 Å². The average Bonchev–Trinajstić information content (AvgIpc) is 3.37. The molecule has 190 valence electrons. The molecule has 16 heteroatoms. The molecule has 0 amide bonds. The van der Waals surface area contributed by atoms with Crippen LogP contribution in [0.1, 0.15) is 11.8 Å². The molecule has 1 saturated heterocycles. The highest BCUT2D eigenvalue weighted by Crippen LogP contribution is 2.40. The van der Waals surface area contributed by atoms with E-state index < -0.39 is 39.0 Å². The maximum Gasteiger partial charge on any atom is 0.469 e. The van der Waals surface area contributed by atoms with Gasteiger partial charge in [-0.25, -0.2) is 19.5 Å². The number of hydrogen-bond acceptors (Lipinski definition) is 12. The first-order valence-electron chi connectivity index (χ1n) is 10.2.